The molecule has 0 atom stereocenters. The molecule has 0 bridgehead atoms. The third kappa shape index (κ3) is 10.4. The van der Waals surface area contributed by atoms with Crippen molar-refractivity contribution in [2.45, 2.75) is 39.4 Å². The lowest BCUT2D eigenvalue weighted by Gasteiger charge is -2.09. The zero-order chi connectivity index (χ0) is 15.4. The number of methoxy groups -OCH3 is 2. The first-order valence-electron chi connectivity index (χ1n) is 6.58. The topological polar surface area (TPSA) is 52.6 Å². The Bertz CT molecular complexity index is 383. The van der Waals surface area contributed by atoms with Crippen LogP contribution in [0.3, 0.4) is 0 Å². The molecule has 0 saturated heterocycles. The van der Waals surface area contributed by atoms with E-state index in [9.17, 15) is 9.59 Å². The van der Waals surface area contributed by atoms with Crippen molar-refractivity contribution in [3.8, 4) is 0 Å². The first-order valence-corrected chi connectivity index (χ1v) is 6.58. The Balaban J connectivity index is 0.000000370. The van der Waals surface area contributed by atoms with E-state index in [0.29, 0.717) is 12.8 Å². The highest BCUT2D eigenvalue weighted by Gasteiger charge is 2.06. The molecule has 0 aliphatic heterocycles. The summed E-state index contributed by atoms with van der Waals surface area (Å²) in [5, 5.41) is 0. The summed E-state index contributed by atoms with van der Waals surface area (Å²) in [6, 6.07) is 10.1. The lowest BCUT2D eigenvalue weighted by molar-refractivity contribution is -0.135. The fraction of sp³-hybridized carbons (Fsp3) is 0.500. The van der Waals surface area contributed by atoms with Gasteiger partial charge in [-0.05, 0) is 25.8 Å². The average Bonchev–Trinajstić information content (AvgIpc) is 2.44. The minimum Gasteiger partial charge on any atom is -0.355 e. The maximum absolute atomic E-state index is 10.6. The first kappa shape index (κ1) is 18.5. The zero-order valence-electron chi connectivity index (χ0n) is 12.7. The van der Waals surface area contributed by atoms with Gasteiger partial charge in [0.05, 0.1) is 6.42 Å². The molecule has 0 aliphatic rings. The van der Waals surface area contributed by atoms with Crippen LogP contribution in [-0.4, -0.2) is 32.1 Å². The highest BCUT2D eigenvalue weighted by Crippen LogP contribution is 2.02. The maximum atomic E-state index is 10.6. The molecule has 1 rings (SSSR count). The first-order chi connectivity index (χ1) is 9.49. The van der Waals surface area contributed by atoms with Crippen LogP contribution in [0.5, 0.6) is 0 Å². The van der Waals surface area contributed by atoms with Gasteiger partial charge in [0.1, 0.15) is 11.6 Å². The standard InChI is InChI=1S/C10H12O.C6H12O3/c1-9(11)7-8-10-5-3-2-4-6-10;1-5(7)4-6(8-2)9-3/h2-6H,7-8H2,1H3;6H,4H2,1-3H3. The van der Waals surface area contributed by atoms with Gasteiger partial charge in [-0.3, -0.25) is 4.79 Å². The second-order valence-electron chi connectivity index (χ2n) is 4.49. The van der Waals surface area contributed by atoms with E-state index in [2.05, 4.69) is 0 Å². The predicted octanol–water partition coefficient (Wildman–Crippen LogP) is 2.79. The Kier molecular flexibility index (Phi) is 10.5. The van der Waals surface area contributed by atoms with Crippen molar-refractivity contribution < 1.29 is 19.1 Å². The number of rotatable bonds is 7. The van der Waals surface area contributed by atoms with Gasteiger partial charge in [0.25, 0.3) is 0 Å². The number of carbonyl (C=O) groups is 2. The van der Waals surface area contributed by atoms with E-state index >= 15 is 0 Å². The Hall–Kier alpha value is -1.52. The summed E-state index contributed by atoms with van der Waals surface area (Å²) in [4.78, 5) is 21.0. The molecule has 4 heteroatoms. The molecule has 0 fully saturated rings. The van der Waals surface area contributed by atoms with Crippen molar-refractivity contribution in [1.29, 1.82) is 0 Å². The second kappa shape index (κ2) is 11.3. The molecule has 1 aromatic rings. The Labute approximate surface area is 121 Å². The molecular weight excluding hydrogens is 256 g/mol. The Morgan fingerprint density at radius 3 is 1.90 bits per heavy atom. The number of benzene rings is 1. The average molecular weight is 280 g/mol. The van der Waals surface area contributed by atoms with Crippen molar-refractivity contribution in [3.05, 3.63) is 35.9 Å². The summed E-state index contributed by atoms with van der Waals surface area (Å²) in [5.41, 5.74) is 1.24. The smallest absolute Gasteiger partial charge is 0.163 e. The third-order valence-corrected chi connectivity index (χ3v) is 2.59. The summed E-state index contributed by atoms with van der Waals surface area (Å²) in [5.74, 6) is 0.331. The van der Waals surface area contributed by atoms with Crippen LogP contribution in [0.2, 0.25) is 0 Å². The van der Waals surface area contributed by atoms with Gasteiger partial charge in [0, 0.05) is 20.6 Å². The van der Waals surface area contributed by atoms with Crippen LogP contribution in [0.15, 0.2) is 30.3 Å². The SMILES string of the molecule is CC(=O)CCc1ccccc1.COC(CC(C)=O)OC. The van der Waals surface area contributed by atoms with Crippen LogP contribution in [0, 0.1) is 0 Å². The van der Waals surface area contributed by atoms with Gasteiger partial charge < -0.3 is 14.3 Å². The maximum Gasteiger partial charge on any atom is 0.163 e. The highest BCUT2D eigenvalue weighted by atomic mass is 16.7. The lowest BCUT2D eigenvalue weighted by atomic mass is 10.1. The van der Waals surface area contributed by atoms with E-state index in [4.69, 9.17) is 9.47 Å². The van der Waals surface area contributed by atoms with Crippen molar-refractivity contribution in [1.82, 2.24) is 0 Å². The van der Waals surface area contributed by atoms with Gasteiger partial charge in [0.15, 0.2) is 6.29 Å². The molecule has 1 aromatic carbocycles. The van der Waals surface area contributed by atoms with Crippen molar-refractivity contribution >= 4 is 11.6 Å². The minimum absolute atomic E-state index is 0.0729. The van der Waals surface area contributed by atoms with E-state index in [1.165, 1.54) is 26.7 Å². The number of hydrogen-bond donors (Lipinski definition) is 0. The molecule has 20 heavy (non-hydrogen) atoms. The molecule has 0 N–H and O–H groups in total. The molecule has 112 valence electrons. The number of aryl methyl sites for hydroxylation is 1. The monoisotopic (exact) mass is 280 g/mol. The van der Waals surface area contributed by atoms with Gasteiger partial charge in [-0.25, -0.2) is 0 Å². The van der Waals surface area contributed by atoms with Crippen LogP contribution >= 0.6 is 0 Å². The molecule has 0 heterocycles. The van der Waals surface area contributed by atoms with Gasteiger partial charge in [-0.15, -0.1) is 0 Å². The minimum atomic E-state index is -0.373. The summed E-state index contributed by atoms with van der Waals surface area (Å²) in [6.07, 6.45) is 1.48. The van der Waals surface area contributed by atoms with E-state index < -0.39 is 0 Å². The lowest BCUT2D eigenvalue weighted by Crippen LogP contribution is -2.16. The van der Waals surface area contributed by atoms with E-state index in [1.54, 1.807) is 6.92 Å². The van der Waals surface area contributed by atoms with Crippen LogP contribution in [0.1, 0.15) is 32.3 Å². The Morgan fingerprint density at radius 1 is 1.00 bits per heavy atom. The molecule has 0 aliphatic carbocycles. The molecule has 0 aromatic heterocycles. The van der Waals surface area contributed by atoms with Gasteiger partial charge in [0.2, 0.25) is 0 Å². The van der Waals surface area contributed by atoms with Crippen LogP contribution in [0.4, 0.5) is 0 Å². The van der Waals surface area contributed by atoms with Crippen LogP contribution in [-0.2, 0) is 25.5 Å². The van der Waals surface area contributed by atoms with Gasteiger partial charge in [-0.1, -0.05) is 30.3 Å². The normalized spacial score (nSPS) is 9.85. The van der Waals surface area contributed by atoms with Crippen LogP contribution < -0.4 is 0 Å². The van der Waals surface area contributed by atoms with Gasteiger partial charge in [-0.2, -0.15) is 0 Å². The largest absolute Gasteiger partial charge is 0.355 e. The number of carbonyl (C=O) groups excluding carboxylic acids is 2. The molecule has 0 spiro atoms. The number of hydrogen-bond acceptors (Lipinski definition) is 4. The summed E-state index contributed by atoms with van der Waals surface area (Å²) < 4.78 is 9.53. The predicted molar refractivity (Wildman–Crippen MR) is 78.5 cm³/mol. The van der Waals surface area contributed by atoms with Crippen molar-refractivity contribution in [3.63, 3.8) is 0 Å². The molecule has 0 amide bonds. The number of Topliss-reactive ketones (excluding diaryl/α,β-unsaturated/α-hetero) is 2. The van der Waals surface area contributed by atoms with Crippen molar-refractivity contribution in [2.24, 2.45) is 0 Å². The molecule has 0 unspecified atom stereocenters. The summed E-state index contributed by atoms with van der Waals surface area (Å²) in [7, 11) is 3.02. The van der Waals surface area contributed by atoms with E-state index in [-0.39, 0.29) is 17.9 Å². The summed E-state index contributed by atoms with van der Waals surface area (Å²) in [6.45, 7) is 3.13. The number of ketones is 2. The molecule has 4 nitrogen and oxygen atoms in total. The highest BCUT2D eigenvalue weighted by molar-refractivity contribution is 5.76. The van der Waals surface area contributed by atoms with Crippen molar-refractivity contribution in [2.75, 3.05) is 14.2 Å². The summed E-state index contributed by atoms with van der Waals surface area (Å²) >= 11 is 0. The van der Waals surface area contributed by atoms with Crippen LogP contribution in [0.25, 0.3) is 0 Å². The quantitative estimate of drug-likeness (QED) is 0.721. The molecule has 0 radical (unpaired) electrons. The fourth-order valence-corrected chi connectivity index (χ4v) is 1.46. The zero-order valence-corrected chi connectivity index (χ0v) is 12.7. The molecular formula is C16H24O4. The Morgan fingerprint density at radius 2 is 1.55 bits per heavy atom. The third-order valence-electron chi connectivity index (χ3n) is 2.59. The second-order valence-corrected chi connectivity index (χ2v) is 4.49. The van der Waals surface area contributed by atoms with E-state index in [1.807, 2.05) is 30.3 Å². The van der Waals surface area contributed by atoms with Gasteiger partial charge >= 0.3 is 0 Å². The fourth-order valence-electron chi connectivity index (χ4n) is 1.46. The number of ether oxygens (including phenoxy) is 2. The molecule has 0 saturated carbocycles. The van der Waals surface area contributed by atoms with E-state index in [0.717, 1.165) is 6.42 Å².